The highest BCUT2D eigenvalue weighted by atomic mass is 16.7. The van der Waals surface area contributed by atoms with Gasteiger partial charge < -0.3 is 44.2 Å². The van der Waals surface area contributed by atoms with Gasteiger partial charge in [0.05, 0.1) is 16.7 Å². The fourth-order valence-electron chi connectivity index (χ4n) is 11.3. The van der Waals surface area contributed by atoms with Crippen molar-refractivity contribution in [3.8, 4) is 23.0 Å². The average Bonchev–Trinajstić information content (AvgIpc) is 3.59. The summed E-state index contributed by atoms with van der Waals surface area (Å²) < 4.78 is 19.0. The topological polar surface area (TPSA) is 134 Å². The Labute approximate surface area is 272 Å². The van der Waals surface area contributed by atoms with E-state index in [0.717, 1.165) is 42.6 Å². The standard InChI is InChI=1S/C36H39N3O8/c1-38-13-11-34-20-5-8-25(33(34)47-30-23(40)6-3-18(28(30)34)15-22(20)38)45-27(42)17-44-37-21-9-10-36(43)26-16-19-4-7-24(41)31-29(19)35(36,32(21)46-31)12-14-39(26)2/h3-8,20,22,25-26,32-33,40-41,43H,9-17H2,1-2H3/b37-21+/t20?,22?,25-,26?,32-,33-,34-,35-,36+/m0/s1. The van der Waals surface area contributed by atoms with Crippen molar-refractivity contribution in [2.24, 2.45) is 11.1 Å². The van der Waals surface area contributed by atoms with Crippen molar-refractivity contribution in [2.75, 3.05) is 33.8 Å². The monoisotopic (exact) mass is 641 g/mol. The lowest BCUT2D eigenvalue weighted by molar-refractivity contribution is -0.163. The zero-order valence-corrected chi connectivity index (χ0v) is 26.5. The van der Waals surface area contributed by atoms with Gasteiger partial charge in [-0.3, -0.25) is 0 Å². The number of hydrogen-bond acceptors (Lipinski definition) is 11. The molecule has 4 bridgehead atoms. The molecular weight excluding hydrogens is 602 g/mol. The lowest BCUT2D eigenvalue weighted by atomic mass is 9.49. The molecule has 9 atom stereocenters. The number of oxime groups is 1. The van der Waals surface area contributed by atoms with Gasteiger partial charge in [-0.05, 0) is 95.0 Å². The molecule has 0 radical (unpaired) electrons. The Morgan fingerprint density at radius 1 is 0.957 bits per heavy atom. The molecule has 11 nitrogen and oxygen atoms in total. The van der Waals surface area contributed by atoms with Crippen LogP contribution in [0.5, 0.6) is 23.0 Å². The summed E-state index contributed by atoms with van der Waals surface area (Å²) in [5, 5.41) is 38.4. The minimum absolute atomic E-state index is 0.0592. The summed E-state index contributed by atoms with van der Waals surface area (Å²) in [4.78, 5) is 23.6. The van der Waals surface area contributed by atoms with Crippen LogP contribution >= 0.6 is 0 Å². The Hall–Kier alpha value is -3.80. The summed E-state index contributed by atoms with van der Waals surface area (Å²) in [6.45, 7) is 1.28. The molecule has 4 heterocycles. The van der Waals surface area contributed by atoms with Crippen molar-refractivity contribution >= 4 is 11.7 Å². The summed E-state index contributed by atoms with van der Waals surface area (Å²) in [6.07, 6.45) is 6.40. The van der Waals surface area contributed by atoms with Crippen molar-refractivity contribution in [3.05, 3.63) is 58.7 Å². The number of aromatic hydroxyl groups is 2. The van der Waals surface area contributed by atoms with Crippen molar-refractivity contribution in [1.82, 2.24) is 9.80 Å². The SMILES string of the molecule is CN1CC[C@]23c4c5ccc(O)c4O[C@H]2[C@@H](OC(=O)CO/N=C2\CC[C@@]4(O)C6Cc7ccc(O)c8c7[C@@]4(CCN6C)[C@H]2O8)C=CC3C1C5. The number of esters is 1. The largest absolute Gasteiger partial charge is 0.504 e. The highest BCUT2D eigenvalue weighted by Crippen LogP contribution is 2.65. The van der Waals surface area contributed by atoms with E-state index in [9.17, 15) is 20.1 Å². The van der Waals surface area contributed by atoms with Crippen molar-refractivity contribution < 1.29 is 39.2 Å². The van der Waals surface area contributed by atoms with Gasteiger partial charge in [-0.2, -0.15) is 0 Å². The Kier molecular flexibility index (Phi) is 5.53. The van der Waals surface area contributed by atoms with E-state index in [1.54, 1.807) is 12.1 Å². The lowest BCUT2D eigenvalue weighted by Crippen LogP contribution is -2.76. The van der Waals surface area contributed by atoms with E-state index in [0.29, 0.717) is 48.9 Å². The number of likely N-dealkylation sites (tertiary alicyclic amines) is 2. The molecule has 3 unspecified atom stereocenters. The maximum atomic E-state index is 13.3. The van der Waals surface area contributed by atoms with E-state index in [-0.39, 0.29) is 28.9 Å². The van der Waals surface area contributed by atoms with Crippen LogP contribution < -0.4 is 9.47 Å². The van der Waals surface area contributed by atoms with Crippen LogP contribution in [0.25, 0.3) is 0 Å². The number of ether oxygens (including phenoxy) is 3. The van der Waals surface area contributed by atoms with Crippen LogP contribution in [-0.4, -0.2) is 107 Å². The van der Waals surface area contributed by atoms with Crippen molar-refractivity contribution in [3.63, 3.8) is 0 Å². The van der Waals surface area contributed by atoms with Gasteiger partial charge in [0.1, 0.15) is 6.10 Å². The number of carbonyl (C=O) groups excluding carboxylic acids is 1. The smallest absolute Gasteiger partial charge is 0.347 e. The molecule has 47 heavy (non-hydrogen) atoms. The lowest BCUT2D eigenvalue weighted by Gasteiger charge is -2.62. The molecule has 2 spiro atoms. The van der Waals surface area contributed by atoms with E-state index in [2.05, 4.69) is 35.1 Å². The third kappa shape index (κ3) is 3.28. The first-order valence-electron chi connectivity index (χ1n) is 16.9. The first-order valence-corrected chi connectivity index (χ1v) is 16.9. The van der Waals surface area contributed by atoms with E-state index in [4.69, 9.17) is 19.0 Å². The minimum atomic E-state index is -1.04. The zero-order chi connectivity index (χ0) is 32.0. The van der Waals surface area contributed by atoms with Crippen molar-refractivity contribution in [1.29, 1.82) is 0 Å². The summed E-state index contributed by atoms with van der Waals surface area (Å²) in [6, 6.07) is 7.57. The molecule has 246 valence electrons. The van der Waals surface area contributed by atoms with Crippen LogP contribution in [0.3, 0.4) is 0 Å². The highest BCUT2D eigenvalue weighted by Gasteiger charge is 2.72. The third-order valence-corrected chi connectivity index (χ3v) is 13.3. The number of aliphatic hydroxyl groups is 1. The van der Waals surface area contributed by atoms with Gasteiger partial charge in [0, 0.05) is 34.5 Å². The van der Waals surface area contributed by atoms with Gasteiger partial charge >= 0.3 is 5.97 Å². The number of hydrogen-bond donors (Lipinski definition) is 3. The quantitative estimate of drug-likeness (QED) is 0.260. The molecule has 1 saturated carbocycles. The van der Waals surface area contributed by atoms with Crippen LogP contribution in [0.4, 0.5) is 0 Å². The number of rotatable bonds is 4. The van der Waals surface area contributed by atoms with Crippen molar-refractivity contribution in [2.45, 2.75) is 85.4 Å². The number of piperidine rings is 2. The van der Waals surface area contributed by atoms with Gasteiger partial charge in [0.2, 0.25) is 6.61 Å². The molecule has 4 aliphatic carbocycles. The number of benzene rings is 2. The first kappa shape index (κ1) is 28.2. The highest BCUT2D eigenvalue weighted by molar-refractivity contribution is 5.94. The molecule has 2 saturated heterocycles. The summed E-state index contributed by atoms with van der Waals surface area (Å²) in [7, 11) is 4.22. The van der Waals surface area contributed by atoms with E-state index in [1.165, 1.54) is 5.56 Å². The van der Waals surface area contributed by atoms with Crippen LogP contribution in [0.1, 0.15) is 47.9 Å². The molecule has 10 rings (SSSR count). The molecule has 2 aromatic rings. The Balaban J connectivity index is 0.905. The average molecular weight is 642 g/mol. The normalized spacial score (nSPS) is 40.7. The summed E-state index contributed by atoms with van der Waals surface area (Å²) in [5.41, 5.74) is 2.70. The number of carbonyl (C=O) groups is 1. The van der Waals surface area contributed by atoms with E-state index < -0.39 is 41.9 Å². The molecular formula is C36H39N3O8. The maximum absolute atomic E-state index is 13.3. The Bertz CT molecular complexity index is 1810. The second kappa shape index (κ2) is 9.21. The predicted molar refractivity (Wildman–Crippen MR) is 168 cm³/mol. The number of nitrogens with zero attached hydrogens (tertiary/aromatic N) is 3. The number of phenols is 2. The second-order valence-electron chi connectivity index (χ2n) is 15.0. The molecule has 3 fully saturated rings. The first-order chi connectivity index (χ1) is 22.7. The van der Waals surface area contributed by atoms with Gasteiger partial charge in [-0.1, -0.05) is 23.4 Å². The zero-order valence-electron chi connectivity index (χ0n) is 26.5. The van der Waals surface area contributed by atoms with Crippen LogP contribution in [0, 0.1) is 5.92 Å². The predicted octanol–water partition coefficient (Wildman–Crippen LogP) is 2.31. The molecule has 2 aromatic carbocycles. The third-order valence-electron chi connectivity index (χ3n) is 13.3. The summed E-state index contributed by atoms with van der Waals surface area (Å²) >= 11 is 0. The van der Waals surface area contributed by atoms with Gasteiger partial charge in [0.25, 0.3) is 0 Å². The van der Waals surface area contributed by atoms with Crippen LogP contribution in [0.15, 0.2) is 41.6 Å². The molecule has 4 aliphatic heterocycles. The summed E-state index contributed by atoms with van der Waals surface area (Å²) in [5.74, 6) is 0.756. The molecule has 11 heteroatoms. The van der Waals surface area contributed by atoms with E-state index in [1.807, 2.05) is 18.2 Å². The molecule has 0 amide bonds. The fraction of sp³-hybridized carbons (Fsp3) is 0.556. The fourth-order valence-corrected chi connectivity index (χ4v) is 11.3. The Morgan fingerprint density at radius 3 is 2.51 bits per heavy atom. The van der Waals surface area contributed by atoms with Gasteiger partial charge in [-0.25, -0.2) is 4.79 Å². The van der Waals surface area contributed by atoms with E-state index >= 15 is 0 Å². The van der Waals surface area contributed by atoms with Crippen LogP contribution in [-0.2, 0) is 38.0 Å². The Morgan fingerprint density at radius 2 is 1.70 bits per heavy atom. The number of phenolic OH excluding ortho intramolecular Hbond substituents is 2. The molecule has 0 aromatic heterocycles. The van der Waals surface area contributed by atoms with Crippen LogP contribution in [0.2, 0.25) is 0 Å². The second-order valence-corrected chi connectivity index (χ2v) is 15.0. The maximum Gasteiger partial charge on any atom is 0.347 e. The molecule has 3 N–H and O–H groups in total. The minimum Gasteiger partial charge on any atom is -0.504 e. The van der Waals surface area contributed by atoms with Gasteiger partial charge in [-0.15, -0.1) is 0 Å². The number of likely N-dealkylation sites (N-methyl/N-ethyl adjacent to an activating group) is 2. The van der Waals surface area contributed by atoms with Gasteiger partial charge in [0.15, 0.2) is 35.2 Å². The molecule has 8 aliphatic rings.